The molecule has 0 atom stereocenters. The van der Waals surface area contributed by atoms with E-state index in [-0.39, 0.29) is 17.7 Å². The number of carbonyl (C=O) groups excluding carboxylic acids is 2. The number of ether oxygens (including phenoxy) is 1. The van der Waals surface area contributed by atoms with Crippen molar-refractivity contribution in [2.75, 3.05) is 6.61 Å². The van der Waals surface area contributed by atoms with Gasteiger partial charge in [-0.1, -0.05) is 52.7 Å². The third kappa shape index (κ3) is 4.75. The lowest BCUT2D eigenvalue weighted by molar-refractivity contribution is -0.123. The molecule has 27 heavy (non-hydrogen) atoms. The maximum atomic E-state index is 12.8. The van der Waals surface area contributed by atoms with Crippen molar-refractivity contribution in [2.24, 2.45) is 0 Å². The molecule has 0 spiro atoms. The molecule has 4 nitrogen and oxygen atoms in total. The predicted molar refractivity (Wildman–Crippen MR) is 113 cm³/mol. The van der Waals surface area contributed by atoms with Gasteiger partial charge in [0.05, 0.1) is 18.1 Å². The Hall–Kier alpha value is -1.76. The summed E-state index contributed by atoms with van der Waals surface area (Å²) >= 11 is 10.5. The van der Waals surface area contributed by atoms with Gasteiger partial charge in [-0.3, -0.25) is 14.5 Å². The van der Waals surface area contributed by atoms with Crippen molar-refractivity contribution in [2.45, 2.75) is 19.9 Å². The summed E-state index contributed by atoms with van der Waals surface area (Å²) in [5, 5.41) is 0.222. The molecule has 0 radical (unpaired) electrons. The highest BCUT2D eigenvalue weighted by atomic mass is 79.9. The van der Waals surface area contributed by atoms with Crippen LogP contribution in [0.2, 0.25) is 5.02 Å². The van der Waals surface area contributed by atoms with Gasteiger partial charge in [-0.25, -0.2) is 0 Å². The molecule has 0 aromatic heterocycles. The number of carbonyl (C=O) groups is 2. The molecule has 140 valence electrons. The highest BCUT2D eigenvalue weighted by Gasteiger charge is 2.35. The van der Waals surface area contributed by atoms with Crippen molar-refractivity contribution in [1.82, 2.24) is 4.90 Å². The number of halogens is 2. The monoisotopic (exact) mass is 465 g/mol. The van der Waals surface area contributed by atoms with Gasteiger partial charge in [0, 0.05) is 15.1 Å². The summed E-state index contributed by atoms with van der Waals surface area (Å²) in [5.41, 5.74) is 1.48. The maximum Gasteiger partial charge on any atom is 0.293 e. The minimum Gasteiger partial charge on any atom is -0.493 e. The second-order valence-corrected chi connectivity index (χ2v) is 8.21. The summed E-state index contributed by atoms with van der Waals surface area (Å²) in [5.74, 6) is 0.351. The number of hydrogen-bond acceptors (Lipinski definition) is 4. The zero-order chi connectivity index (χ0) is 19.4. The average molecular weight is 467 g/mol. The normalized spacial score (nSPS) is 15.7. The van der Waals surface area contributed by atoms with Crippen molar-refractivity contribution in [3.8, 4) is 5.75 Å². The number of amides is 2. The van der Waals surface area contributed by atoms with Crippen molar-refractivity contribution in [3.63, 3.8) is 0 Å². The Morgan fingerprint density at radius 2 is 2.00 bits per heavy atom. The zero-order valence-electron chi connectivity index (χ0n) is 14.6. The number of nitrogens with zero attached hydrogens (tertiary/aromatic N) is 1. The SMILES string of the molecule is CCCOc1ccc(Br)cc1/C=C1/SC(=O)N(Cc2ccccc2Cl)C1=O. The van der Waals surface area contributed by atoms with Gasteiger partial charge in [0.2, 0.25) is 0 Å². The molecule has 1 saturated heterocycles. The van der Waals surface area contributed by atoms with Gasteiger partial charge in [0.15, 0.2) is 0 Å². The van der Waals surface area contributed by atoms with Gasteiger partial charge >= 0.3 is 0 Å². The molecule has 0 N–H and O–H groups in total. The molecule has 3 rings (SSSR count). The molecule has 0 aliphatic carbocycles. The lowest BCUT2D eigenvalue weighted by Crippen LogP contribution is -2.27. The van der Waals surface area contributed by atoms with E-state index in [1.807, 2.05) is 37.3 Å². The fourth-order valence-electron chi connectivity index (χ4n) is 2.55. The van der Waals surface area contributed by atoms with Crippen molar-refractivity contribution in [3.05, 3.63) is 68.0 Å². The summed E-state index contributed by atoms with van der Waals surface area (Å²) in [7, 11) is 0. The van der Waals surface area contributed by atoms with Crippen LogP contribution in [0.4, 0.5) is 4.79 Å². The Labute approximate surface area is 175 Å². The molecular weight excluding hydrogens is 450 g/mol. The Bertz CT molecular complexity index is 916. The molecule has 0 saturated carbocycles. The lowest BCUT2D eigenvalue weighted by atomic mass is 10.1. The Morgan fingerprint density at radius 3 is 2.74 bits per heavy atom. The van der Waals surface area contributed by atoms with Crippen molar-refractivity contribution >= 4 is 56.5 Å². The van der Waals surface area contributed by atoms with Crippen LogP contribution in [0, 0.1) is 0 Å². The molecular formula is C20H17BrClNO3S. The Balaban J connectivity index is 1.86. The van der Waals surface area contributed by atoms with Gasteiger partial charge in [-0.15, -0.1) is 0 Å². The Morgan fingerprint density at radius 1 is 1.22 bits per heavy atom. The van der Waals surface area contributed by atoms with Gasteiger partial charge in [0.25, 0.3) is 11.1 Å². The Kier molecular flexibility index (Phi) is 6.63. The molecule has 1 fully saturated rings. The summed E-state index contributed by atoms with van der Waals surface area (Å²) in [6.07, 6.45) is 2.58. The van der Waals surface area contributed by atoms with Crippen LogP contribution in [-0.2, 0) is 11.3 Å². The fraction of sp³-hybridized carbons (Fsp3) is 0.200. The zero-order valence-corrected chi connectivity index (χ0v) is 17.7. The smallest absolute Gasteiger partial charge is 0.293 e. The highest BCUT2D eigenvalue weighted by molar-refractivity contribution is 9.10. The van der Waals surface area contributed by atoms with Crippen molar-refractivity contribution in [1.29, 1.82) is 0 Å². The molecule has 2 amide bonds. The van der Waals surface area contributed by atoms with Gasteiger partial charge in [-0.05, 0) is 54.1 Å². The minimum absolute atomic E-state index is 0.152. The van der Waals surface area contributed by atoms with E-state index >= 15 is 0 Å². The van der Waals surface area contributed by atoms with Gasteiger partial charge in [0.1, 0.15) is 5.75 Å². The van der Waals surface area contributed by atoms with Gasteiger partial charge in [-0.2, -0.15) is 0 Å². The van der Waals surface area contributed by atoms with E-state index in [4.69, 9.17) is 16.3 Å². The summed E-state index contributed by atoms with van der Waals surface area (Å²) in [4.78, 5) is 26.7. The molecule has 2 aromatic carbocycles. The quantitative estimate of drug-likeness (QED) is 0.481. The number of imide groups is 1. The van der Waals surface area contributed by atoms with Crippen LogP contribution in [0.5, 0.6) is 5.75 Å². The second kappa shape index (κ2) is 8.95. The van der Waals surface area contributed by atoms with Crippen LogP contribution < -0.4 is 4.74 Å². The standard InChI is InChI=1S/C20H17BrClNO3S/c1-2-9-26-17-8-7-15(21)10-14(17)11-18-19(24)23(20(25)27-18)12-13-5-3-4-6-16(13)22/h3-8,10-11H,2,9,12H2,1H3/b18-11+. The maximum absolute atomic E-state index is 12.8. The van der Waals surface area contributed by atoms with Gasteiger partial charge < -0.3 is 4.74 Å². The van der Waals surface area contributed by atoms with E-state index in [0.29, 0.717) is 22.3 Å². The number of thioether (sulfide) groups is 1. The van der Waals surface area contributed by atoms with Crippen LogP contribution in [0.1, 0.15) is 24.5 Å². The molecule has 1 aliphatic heterocycles. The largest absolute Gasteiger partial charge is 0.493 e. The van der Waals surface area contributed by atoms with E-state index in [1.54, 1.807) is 18.2 Å². The summed E-state index contributed by atoms with van der Waals surface area (Å²) in [6, 6.07) is 12.8. The lowest BCUT2D eigenvalue weighted by Gasteiger charge is -2.13. The first-order valence-corrected chi connectivity index (χ1v) is 10.4. The number of benzene rings is 2. The number of hydrogen-bond donors (Lipinski definition) is 0. The second-order valence-electron chi connectivity index (χ2n) is 5.89. The topological polar surface area (TPSA) is 46.6 Å². The average Bonchev–Trinajstić information content (AvgIpc) is 2.90. The molecule has 7 heteroatoms. The van der Waals surface area contributed by atoms with Crippen molar-refractivity contribution < 1.29 is 14.3 Å². The third-order valence-electron chi connectivity index (χ3n) is 3.88. The van der Waals surface area contributed by atoms with Crippen LogP contribution in [0.15, 0.2) is 51.8 Å². The third-order valence-corrected chi connectivity index (χ3v) is 5.65. The number of rotatable bonds is 6. The van der Waals surface area contributed by atoms with E-state index < -0.39 is 0 Å². The first-order valence-electron chi connectivity index (χ1n) is 8.40. The molecule has 0 unspecified atom stereocenters. The van der Waals surface area contributed by atoms with E-state index in [1.165, 1.54) is 4.90 Å². The first-order chi connectivity index (χ1) is 13.0. The van der Waals surface area contributed by atoms with Crippen LogP contribution in [0.3, 0.4) is 0 Å². The summed E-state index contributed by atoms with van der Waals surface area (Å²) < 4.78 is 6.62. The molecule has 0 bridgehead atoms. The minimum atomic E-state index is -0.327. The molecule has 1 heterocycles. The van der Waals surface area contributed by atoms with E-state index in [9.17, 15) is 9.59 Å². The molecule has 2 aromatic rings. The molecule has 1 aliphatic rings. The van der Waals surface area contributed by atoms with E-state index in [0.717, 1.165) is 33.8 Å². The fourth-order valence-corrected chi connectivity index (χ4v) is 3.95. The highest BCUT2D eigenvalue weighted by Crippen LogP contribution is 2.36. The predicted octanol–water partition coefficient (Wildman–Crippen LogP) is 6.13. The van der Waals surface area contributed by atoms with Crippen LogP contribution in [-0.4, -0.2) is 22.7 Å². The van der Waals surface area contributed by atoms with E-state index in [2.05, 4.69) is 15.9 Å². The van der Waals surface area contributed by atoms with Crippen LogP contribution in [0.25, 0.3) is 6.08 Å². The van der Waals surface area contributed by atoms with Crippen LogP contribution >= 0.6 is 39.3 Å². The first kappa shape index (κ1) is 20.0. The summed E-state index contributed by atoms with van der Waals surface area (Å²) in [6.45, 7) is 2.76.